The third kappa shape index (κ3) is 45.5. The summed E-state index contributed by atoms with van der Waals surface area (Å²) < 4.78 is 16.8. The summed E-state index contributed by atoms with van der Waals surface area (Å²) in [6.07, 6.45) is 47.9. The first-order chi connectivity index (χ1) is 28.4. The summed E-state index contributed by atoms with van der Waals surface area (Å²) in [4.78, 5) is 37.9. The summed E-state index contributed by atoms with van der Waals surface area (Å²) in [6.45, 7) is 9.02. The quantitative estimate of drug-likeness (QED) is 0.0346. The Balaban J connectivity index is 4.30. The standard InChI is InChI=1S/C52H100O6/c1-5-7-9-11-13-15-17-19-25-29-33-37-41-45-52(55)58-49(46-56-50(53)43-39-35-31-27-23-18-16-14-12-10-8-6-2)47-57-51(54)44-40-36-32-28-24-21-20-22-26-30-34-38-42-48(3)4/h48-49H,5-47H2,1-4H3/t49-/m0/s1. The van der Waals surface area contributed by atoms with Crippen molar-refractivity contribution < 1.29 is 28.6 Å². The van der Waals surface area contributed by atoms with E-state index < -0.39 is 6.10 Å². The molecule has 0 saturated carbocycles. The molecule has 0 aromatic rings. The summed E-state index contributed by atoms with van der Waals surface area (Å²) >= 11 is 0. The van der Waals surface area contributed by atoms with Crippen LogP contribution in [0.15, 0.2) is 0 Å². The summed E-state index contributed by atoms with van der Waals surface area (Å²) in [5.41, 5.74) is 0. The Labute approximate surface area is 361 Å². The van der Waals surface area contributed by atoms with Gasteiger partial charge in [0.25, 0.3) is 0 Å². The van der Waals surface area contributed by atoms with Gasteiger partial charge in [-0.05, 0) is 25.2 Å². The molecular weight excluding hydrogens is 721 g/mol. The summed E-state index contributed by atoms with van der Waals surface area (Å²) in [5.74, 6) is -0.0101. The highest BCUT2D eigenvalue weighted by atomic mass is 16.6. The normalized spacial score (nSPS) is 11.9. The molecular formula is C52H100O6. The van der Waals surface area contributed by atoms with Gasteiger partial charge < -0.3 is 14.2 Å². The molecule has 0 amide bonds. The summed E-state index contributed by atoms with van der Waals surface area (Å²) in [7, 11) is 0. The minimum absolute atomic E-state index is 0.0627. The number of ether oxygens (including phenoxy) is 3. The van der Waals surface area contributed by atoms with E-state index in [0.717, 1.165) is 63.7 Å². The van der Waals surface area contributed by atoms with E-state index in [-0.39, 0.29) is 31.1 Å². The van der Waals surface area contributed by atoms with Crippen molar-refractivity contribution in [1.29, 1.82) is 0 Å². The predicted octanol–water partition coefficient (Wildman–Crippen LogP) is 16.7. The van der Waals surface area contributed by atoms with Crippen molar-refractivity contribution in [3.05, 3.63) is 0 Å². The van der Waals surface area contributed by atoms with E-state index in [1.54, 1.807) is 0 Å². The Morgan fingerprint density at radius 2 is 0.569 bits per heavy atom. The van der Waals surface area contributed by atoms with Gasteiger partial charge in [0.2, 0.25) is 0 Å². The highest BCUT2D eigenvalue weighted by Gasteiger charge is 2.19. The predicted molar refractivity (Wildman–Crippen MR) is 247 cm³/mol. The molecule has 0 rings (SSSR count). The molecule has 0 aliphatic heterocycles. The van der Waals surface area contributed by atoms with Crippen LogP contribution in [0.25, 0.3) is 0 Å². The number of hydrogen-bond acceptors (Lipinski definition) is 6. The highest BCUT2D eigenvalue weighted by molar-refractivity contribution is 5.71. The Kier molecular flexibility index (Phi) is 45.2. The molecule has 0 heterocycles. The molecule has 1 atom stereocenters. The van der Waals surface area contributed by atoms with Crippen molar-refractivity contribution in [2.24, 2.45) is 5.92 Å². The molecule has 6 heteroatoms. The second kappa shape index (κ2) is 46.5. The minimum atomic E-state index is -0.760. The van der Waals surface area contributed by atoms with Gasteiger partial charge in [-0.3, -0.25) is 14.4 Å². The Morgan fingerprint density at radius 3 is 0.845 bits per heavy atom. The molecule has 0 N–H and O–H groups in total. The van der Waals surface area contributed by atoms with E-state index in [1.165, 1.54) is 186 Å². The van der Waals surface area contributed by atoms with Crippen LogP contribution in [0.5, 0.6) is 0 Å². The molecule has 0 radical (unpaired) electrons. The molecule has 0 aromatic heterocycles. The first kappa shape index (κ1) is 56.4. The van der Waals surface area contributed by atoms with Gasteiger partial charge in [-0.1, -0.05) is 252 Å². The number of hydrogen-bond donors (Lipinski definition) is 0. The lowest BCUT2D eigenvalue weighted by Crippen LogP contribution is -2.30. The smallest absolute Gasteiger partial charge is 0.306 e. The molecule has 0 aromatic carbocycles. The van der Waals surface area contributed by atoms with E-state index in [2.05, 4.69) is 27.7 Å². The van der Waals surface area contributed by atoms with Crippen LogP contribution in [0, 0.1) is 5.92 Å². The minimum Gasteiger partial charge on any atom is -0.462 e. The molecule has 0 fully saturated rings. The molecule has 58 heavy (non-hydrogen) atoms. The van der Waals surface area contributed by atoms with Gasteiger partial charge in [0.05, 0.1) is 0 Å². The average Bonchev–Trinajstić information content (AvgIpc) is 3.21. The van der Waals surface area contributed by atoms with Crippen LogP contribution in [-0.2, 0) is 28.6 Å². The molecule has 0 aliphatic carbocycles. The van der Waals surface area contributed by atoms with Crippen molar-refractivity contribution in [3.8, 4) is 0 Å². The van der Waals surface area contributed by atoms with E-state index in [4.69, 9.17) is 14.2 Å². The topological polar surface area (TPSA) is 78.9 Å². The van der Waals surface area contributed by atoms with Gasteiger partial charge in [0.15, 0.2) is 6.10 Å². The molecule has 0 aliphatic rings. The summed E-state index contributed by atoms with van der Waals surface area (Å²) in [5, 5.41) is 0. The number of rotatable bonds is 47. The largest absolute Gasteiger partial charge is 0.462 e. The maximum Gasteiger partial charge on any atom is 0.306 e. The van der Waals surface area contributed by atoms with Crippen LogP contribution in [-0.4, -0.2) is 37.2 Å². The molecule has 0 spiro atoms. The van der Waals surface area contributed by atoms with Gasteiger partial charge in [-0.15, -0.1) is 0 Å². The van der Waals surface area contributed by atoms with Crippen LogP contribution in [0.2, 0.25) is 0 Å². The lowest BCUT2D eigenvalue weighted by Gasteiger charge is -2.18. The molecule has 0 unspecified atom stereocenters. The summed E-state index contributed by atoms with van der Waals surface area (Å²) in [6, 6.07) is 0. The van der Waals surface area contributed by atoms with Crippen LogP contribution in [0.3, 0.4) is 0 Å². The van der Waals surface area contributed by atoms with Gasteiger partial charge in [-0.25, -0.2) is 0 Å². The maximum atomic E-state index is 12.8. The van der Waals surface area contributed by atoms with E-state index in [0.29, 0.717) is 19.3 Å². The van der Waals surface area contributed by atoms with Crippen LogP contribution in [0.1, 0.15) is 291 Å². The van der Waals surface area contributed by atoms with Crippen LogP contribution < -0.4 is 0 Å². The second-order valence-corrected chi connectivity index (χ2v) is 18.3. The maximum absolute atomic E-state index is 12.8. The molecule has 6 nitrogen and oxygen atoms in total. The highest BCUT2D eigenvalue weighted by Crippen LogP contribution is 2.17. The van der Waals surface area contributed by atoms with E-state index >= 15 is 0 Å². The van der Waals surface area contributed by atoms with Gasteiger partial charge >= 0.3 is 17.9 Å². The third-order valence-corrected chi connectivity index (χ3v) is 11.8. The van der Waals surface area contributed by atoms with Crippen LogP contribution in [0.4, 0.5) is 0 Å². The zero-order valence-electron chi connectivity index (χ0n) is 39.5. The third-order valence-electron chi connectivity index (χ3n) is 11.8. The molecule has 0 bridgehead atoms. The Hall–Kier alpha value is -1.59. The zero-order valence-corrected chi connectivity index (χ0v) is 39.5. The number of carbonyl (C=O) groups is 3. The van der Waals surface area contributed by atoms with E-state index in [9.17, 15) is 14.4 Å². The van der Waals surface area contributed by atoms with E-state index in [1.807, 2.05) is 0 Å². The van der Waals surface area contributed by atoms with Crippen molar-refractivity contribution in [3.63, 3.8) is 0 Å². The number of carbonyl (C=O) groups excluding carboxylic acids is 3. The monoisotopic (exact) mass is 821 g/mol. The lowest BCUT2D eigenvalue weighted by atomic mass is 10.0. The lowest BCUT2D eigenvalue weighted by molar-refractivity contribution is -0.167. The number of esters is 3. The number of unbranched alkanes of at least 4 members (excludes halogenated alkanes) is 34. The Morgan fingerprint density at radius 1 is 0.328 bits per heavy atom. The fourth-order valence-electron chi connectivity index (χ4n) is 7.86. The Bertz CT molecular complexity index is 872. The molecule has 0 saturated heterocycles. The van der Waals surface area contributed by atoms with Crippen molar-refractivity contribution in [1.82, 2.24) is 0 Å². The second-order valence-electron chi connectivity index (χ2n) is 18.3. The zero-order chi connectivity index (χ0) is 42.4. The van der Waals surface area contributed by atoms with Crippen molar-refractivity contribution >= 4 is 17.9 Å². The average molecular weight is 821 g/mol. The van der Waals surface area contributed by atoms with Gasteiger partial charge in [0.1, 0.15) is 13.2 Å². The van der Waals surface area contributed by atoms with Crippen molar-refractivity contribution in [2.75, 3.05) is 13.2 Å². The van der Waals surface area contributed by atoms with Gasteiger partial charge in [-0.2, -0.15) is 0 Å². The van der Waals surface area contributed by atoms with Gasteiger partial charge in [0, 0.05) is 19.3 Å². The molecule has 344 valence electrons. The first-order valence-electron chi connectivity index (χ1n) is 25.9. The first-order valence-corrected chi connectivity index (χ1v) is 25.9. The van der Waals surface area contributed by atoms with Crippen LogP contribution >= 0.6 is 0 Å². The van der Waals surface area contributed by atoms with Crippen molar-refractivity contribution in [2.45, 2.75) is 297 Å². The fraction of sp³-hybridized carbons (Fsp3) is 0.942. The SMILES string of the molecule is CCCCCCCCCCCCCCCC(=O)O[C@@H](COC(=O)CCCCCCCCCCCCCC)COC(=O)CCCCCCCCCCCCCCC(C)C. The fourth-order valence-corrected chi connectivity index (χ4v) is 7.86.